The molecule has 1 aromatic rings. The van der Waals surface area contributed by atoms with Crippen LogP contribution in [0.4, 0.5) is 8.78 Å². The van der Waals surface area contributed by atoms with Gasteiger partial charge in [-0.3, -0.25) is 14.6 Å². The number of likely N-dealkylation sites (tertiary alicyclic amines) is 2. The summed E-state index contributed by atoms with van der Waals surface area (Å²) in [5.41, 5.74) is 0.121. The van der Waals surface area contributed by atoms with Gasteiger partial charge in [0, 0.05) is 44.9 Å². The van der Waals surface area contributed by atoms with E-state index in [2.05, 4.69) is 4.98 Å². The van der Waals surface area contributed by atoms with Gasteiger partial charge in [-0.05, 0) is 11.6 Å². The molecule has 2 bridgehead atoms. The van der Waals surface area contributed by atoms with E-state index in [0.29, 0.717) is 13.1 Å². The first kappa shape index (κ1) is 17.7. The van der Waals surface area contributed by atoms with Crippen LogP contribution in [-0.2, 0) is 20.9 Å². The molecule has 0 unspecified atom stereocenters. The van der Waals surface area contributed by atoms with Crippen LogP contribution in [0.2, 0.25) is 0 Å². The molecule has 0 radical (unpaired) electrons. The summed E-state index contributed by atoms with van der Waals surface area (Å²) in [5, 5.41) is 0. The van der Waals surface area contributed by atoms with Crippen LogP contribution in [0.1, 0.15) is 18.4 Å². The molecule has 148 valence electrons. The molecule has 0 aliphatic carbocycles. The highest BCUT2D eigenvalue weighted by Gasteiger charge is 2.67. The van der Waals surface area contributed by atoms with E-state index in [9.17, 15) is 18.4 Å². The summed E-state index contributed by atoms with van der Waals surface area (Å²) in [6, 6.07) is 3.71. The molecule has 5 rings (SSSR count). The van der Waals surface area contributed by atoms with E-state index >= 15 is 0 Å². The standard InChI is InChI=1S/C20H21F2N3O3/c21-20(22)5-8-24(9-6-20)17(26)15-14-3-4-19(28-14)12-25(18(27)16(15)19)11-13-2-1-7-23-10-13/h1-4,7,10,14-16H,5-6,8-9,11-12H2/t14-,15+,16-,19-/m0/s1. The van der Waals surface area contributed by atoms with E-state index in [0.717, 1.165) is 5.56 Å². The summed E-state index contributed by atoms with van der Waals surface area (Å²) in [5.74, 6) is -4.30. The van der Waals surface area contributed by atoms with Crippen molar-refractivity contribution in [3.05, 3.63) is 42.2 Å². The van der Waals surface area contributed by atoms with Crippen LogP contribution in [0.25, 0.3) is 0 Å². The predicted molar refractivity (Wildman–Crippen MR) is 94.1 cm³/mol. The zero-order chi connectivity index (χ0) is 19.5. The van der Waals surface area contributed by atoms with Gasteiger partial charge in [0.05, 0.1) is 24.5 Å². The zero-order valence-corrected chi connectivity index (χ0v) is 15.3. The number of alkyl halides is 2. The minimum Gasteiger partial charge on any atom is -0.360 e. The third-order valence-electron chi connectivity index (χ3n) is 6.37. The van der Waals surface area contributed by atoms with Crippen LogP contribution in [0.3, 0.4) is 0 Å². The fraction of sp³-hybridized carbons (Fsp3) is 0.550. The number of hydrogen-bond acceptors (Lipinski definition) is 4. The number of ether oxygens (including phenoxy) is 1. The monoisotopic (exact) mass is 389 g/mol. The fourth-order valence-electron chi connectivity index (χ4n) is 4.97. The van der Waals surface area contributed by atoms with Gasteiger partial charge >= 0.3 is 0 Å². The number of nitrogens with zero attached hydrogens (tertiary/aromatic N) is 3. The molecule has 3 fully saturated rings. The van der Waals surface area contributed by atoms with Gasteiger partial charge in [0.15, 0.2) is 0 Å². The van der Waals surface area contributed by atoms with E-state index in [-0.39, 0.29) is 37.7 Å². The molecule has 6 nitrogen and oxygen atoms in total. The number of carbonyl (C=O) groups excluding carboxylic acids is 2. The molecule has 28 heavy (non-hydrogen) atoms. The Morgan fingerprint density at radius 1 is 1.32 bits per heavy atom. The van der Waals surface area contributed by atoms with Gasteiger partial charge in [-0.25, -0.2) is 8.78 Å². The lowest BCUT2D eigenvalue weighted by atomic mass is 9.76. The molecule has 0 aromatic carbocycles. The molecule has 4 aliphatic heterocycles. The zero-order valence-electron chi connectivity index (χ0n) is 15.3. The van der Waals surface area contributed by atoms with E-state index in [1.807, 2.05) is 24.3 Å². The number of halogens is 2. The van der Waals surface area contributed by atoms with Crippen molar-refractivity contribution in [3.63, 3.8) is 0 Å². The fourth-order valence-corrected chi connectivity index (χ4v) is 4.97. The summed E-state index contributed by atoms with van der Waals surface area (Å²) in [6.07, 6.45) is 6.02. The molecule has 1 aromatic heterocycles. The van der Waals surface area contributed by atoms with Gasteiger partial charge < -0.3 is 14.5 Å². The van der Waals surface area contributed by atoms with Gasteiger partial charge in [0.2, 0.25) is 11.8 Å². The van der Waals surface area contributed by atoms with Crippen molar-refractivity contribution in [1.82, 2.24) is 14.8 Å². The molecule has 4 aliphatic rings. The lowest BCUT2D eigenvalue weighted by Crippen LogP contribution is -2.50. The molecular formula is C20H21F2N3O3. The SMILES string of the molecule is O=C([C@@H]1[C@@H]2C=C[C@@]3(CN(Cc4cccnc4)C(=O)[C@H]13)O2)N1CCC(F)(F)CC1. The highest BCUT2D eigenvalue weighted by Crippen LogP contribution is 2.52. The van der Waals surface area contributed by atoms with Gasteiger partial charge in [0.25, 0.3) is 5.92 Å². The molecule has 0 saturated carbocycles. The Morgan fingerprint density at radius 3 is 2.82 bits per heavy atom. The number of hydrogen-bond donors (Lipinski definition) is 0. The molecule has 8 heteroatoms. The minimum atomic E-state index is -2.72. The van der Waals surface area contributed by atoms with Crippen molar-refractivity contribution in [2.75, 3.05) is 19.6 Å². The van der Waals surface area contributed by atoms with Crippen molar-refractivity contribution in [2.24, 2.45) is 11.8 Å². The molecule has 5 heterocycles. The summed E-state index contributed by atoms with van der Waals surface area (Å²) in [6.45, 7) is 0.835. The first-order chi connectivity index (χ1) is 13.4. The Bertz CT molecular complexity index is 836. The van der Waals surface area contributed by atoms with Crippen molar-refractivity contribution in [1.29, 1.82) is 0 Å². The largest absolute Gasteiger partial charge is 0.360 e. The van der Waals surface area contributed by atoms with Gasteiger partial charge in [-0.15, -0.1) is 0 Å². The highest BCUT2D eigenvalue weighted by molar-refractivity contribution is 5.93. The summed E-state index contributed by atoms with van der Waals surface area (Å²) in [7, 11) is 0. The Hall–Kier alpha value is -2.35. The Morgan fingerprint density at radius 2 is 2.11 bits per heavy atom. The topological polar surface area (TPSA) is 62.7 Å². The third kappa shape index (κ3) is 2.65. The average Bonchev–Trinajstić information content (AvgIpc) is 3.31. The number of amides is 2. The maximum atomic E-state index is 13.5. The van der Waals surface area contributed by atoms with E-state index in [1.165, 1.54) is 4.90 Å². The average molecular weight is 389 g/mol. The van der Waals surface area contributed by atoms with Crippen molar-refractivity contribution in [2.45, 2.75) is 37.0 Å². The molecule has 3 saturated heterocycles. The molecule has 1 spiro atoms. The maximum Gasteiger partial charge on any atom is 0.251 e. The van der Waals surface area contributed by atoms with Crippen LogP contribution in [0.5, 0.6) is 0 Å². The first-order valence-corrected chi connectivity index (χ1v) is 9.60. The second-order valence-electron chi connectivity index (χ2n) is 8.14. The van der Waals surface area contributed by atoms with Crippen LogP contribution >= 0.6 is 0 Å². The molecule has 2 amide bonds. The van der Waals surface area contributed by atoms with Gasteiger partial charge in [0.1, 0.15) is 5.60 Å². The van der Waals surface area contributed by atoms with E-state index in [4.69, 9.17) is 4.74 Å². The smallest absolute Gasteiger partial charge is 0.251 e. The predicted octanol–water partition coefficient (Wildman–Crippen LogP) is 1.62. The van der Waals surface area contributed by atoms with Crippen molar-refractivity contribution < 1.29 is 23.1 Å². The number of aromatic nitrogens is 1. The second kappa shape index (κ2) is 6.07. The normalized spacial score (nSPS) is 35.5. The number of piperidine rings is 1. The Kier molecular flexibility index (Phi) is 3.84. The number of pyridine rings is 1. The van der Waals surface area contributed by atoms with Crippen LogP contribution in [-0.4, -0.2) is 63.9 Å². The summed E-state index contributed by atoms with van der Waals surface area (Å²) in [4.78, 5) is 33.6. The van der Waals surface area contributed by atoms with Crippen LogP contribution < -0.4 is 0 Å². The Labute approximate surface area is 161 Å². The molecule has 4 atom stereocenters. The third-order valence-corrected chi connectivity index (χ3v) is 6.37. The molecular weight excluding hydrogens is 368 g/mol. The highest BCUT2D eigenvalue weighted by atomic mass is 19.3. The Balaban J connectivity index is 1.36. The lowest BCUT2D eigenvalue weighted by molar-refractivity contribution is -0.147. The first-order valence-electron chi connectivity index (χ1n) is 9.60. The number of fused-ring (bicyclic) bond motifs is 1. The van der Waals surface area contributed by atoms with Crippen molar-refractivity contribution in [3.8, 4) is 0 Å². The second-order valence-corrected chi connectivity index (χ2v) is 8.14. The lowest BCUT2D eigenvalue weighted by Gasteiger charge is -2.35. The van der Waals surface area contributed by atoms with Gasteiger partial charge in [-0.2, -0.15) is 0 Å². The van der Waals surface area contributed by atoms with Crippen LogP contribution in [0.15, 0.2) is 36.7 Å². The van der Waals surface area contributed by atoms with E-state index < -0.39 is 29.5 Å². The van der Waals surface area contributed by atoms with Gasteiger partial charge in [-0.1, -0.05) is 18.2 Å². The molecule has 0 N–H and O–H groups in total. The summed E-state index contributed by atoms with van der Waals surface area (Å²) >= 11 is 0. The quantitative estimate of drug-likeness (QED) is 0.737. The minimum absolute atomic E-state index is 0.0199. The maximum absolute atomic E-state index is 13.5. The number of carbonyl (C=O) groups is 2. The number of rotatable bonds is 3. The van der Waals surface area contributed by atoms with Crippen molar-refractivity contribution >= 4 is 11.8 Å². The van der Waals surface area contributed by atoms with E-state index in [1.54, 1.807) is 17.3 Å². The van der Waals surface area contributed by atoms with Crippen LogP contribution in [0, 0.1) is 11.8 Å². The summed E-state index contributed by atoms with van der Waals surface area (Å²) < 4.78 is 33.0.